The van der Waals surface area contributed by atoms with Crippen LogP contribution in [0.5, 0.6) is 17.2 Å². The Kier molecular flexibility index (Phi) is 7.26. The molecule has 1 aliphatic rings. The van der Waals surface area contributed by atoms with E-state index in [4.69, 9.17) is 14.2 Å². The number of aliphatic hydroxyl groups is 1. The Bertz CT molecular complexity index is 1590. The lowest BCUT2D eigenvalue weighted by Crippen LogP contribution is -2.29. The molecule has 0 saturated carbocycles. The molecular formula is C30H28N2O6S. The lowest BCUT2D eigenvalue weighted by Gasteiger charge is -2.24. The van der Waals surface area contributed by atoms with Gasteiger partial charge in [0.05, 0.1) is 42.7 Å². The second-order valence-electron chi connectivity index (χ2n) is 9.12. The van der Waals surface area contributed by atoms with Crippen LogP contribution in [-0.2, 0) is 9.59 Å². The van der Waals surface area contributed by atoms with E-state index in [-0.39, 0.29) is 11.3 Å². The van der Waals surface area contributed by atoms with Gasteiger partial charge in [-0.1, -0.05) is 30.4 Å². The second kappa shape index (κ2) is 10.8. The molecule has 5 rings (SSSR count). The zero-order valence-corrected chi connectivity index (χ0v) is 22.9. The Morgan fingerprint density at radius 1 is 1.00 bits per heavy atom. The first kappa shape index (κ1) is 26.2. The predicted molar refractivity (Wildman–Crippen MR) is 151 cm³/mol. The monoisotopic (exact) mass is 544 g/mol. The lowest BCUT2D eigenvalue weighted by atomic mass is 9.95. The smallest absolute Gasteiger partial charge is 0.301 e. The molecule has 0 bridgehead atoms. The maximum absolute atomic E-state index is 13.6. The molecule has 1 atom stereocenters. The van der Waals surface area contributed by atoms with E-state index in [1.807, 2.05) is 32.0 Å². The van der Waals surface area contributed by atoms with Crippen molar-refractivity contribution in [3.8, 4) is 17.2 Å². The number of hydrogen-bond acceptors (Lipinski definition) is 8. The number of fused-ring (bicyclic) bond motifs is 1. The van der Waals surface area contributed by atoms with Gasteiger partial charge in [0.15, 0.2) is 16.6 Å². The summed E-state index contributed by atoms with van der Waals surface area (Å²) in [4.78, 5) is 33.1. The van der Waals surface area contributed by atoms with Gasteiger partial charge in [-0.15, -0.1) is 0 Å². The van der Waals surface area contributed by atoms with Gasteiger partial charge in [0.1, 0.15) is 11.5 Å². The molecular weight excluding hydrogens is 516 g/mol. The first-order chi connectivity index (χ1) is 18.9. The topological polar surface area (TPSA) is 98.2 Å². The first-order valence-corrected chi connectivity index (χ1v) is 13.3. The number of nitrogens with zero attached hydrogens (tertiary/aromatic N) is 2. The number of thiazole rings is 1. The quantitative estimate of drug-likeness (QED) is 0.164. The summed E-state index contributed by atoms with van der Waals surface area (Å²) in [7, 11) is 3.07. The highest BCUT2D eigenvalue weighted by Crippen LogP contribution is 2.46. The number of amides is 1. The molecule has 4 aromatic rings. The van der Waals surface area contributed by atoms with Gasteiger partial charge in [0, 0.05) is 5.56 Å². The molecule has 0 radical (unpaired) electrons. The van der Waals surface area contributed by atoms with Crippen LogP contribution in [0.3, 0.4) is 0 Å². The molecule has 1 aliphatic heterocycles. The molecule has 200 valence electrons. The van der Waals surface area contributed by atoms with E-state index in [9.17, 15) is 14.7 Å². The Balaban J connectivity index is 1.70. The molecule has 1 fully saturated rings. The number of aromatic nitrogens is 1. The van der Waals surface area contributed by atoms with Crippen molar-refractivity contribution in [3.63, 3.8) is 0 Å². The van der Waals surface area contributed by atoms with Crippen LogP contribution in [0.15, 0.2) is 66.2 Å². The summed E-state index contributed by atoms with van der Waals surface area (Å²) in [5.74, 6) is -0.252. The summed E-state index contributed by atoms with van der Waals surface area (Å²) in [6.45, 7) is 4.50. The second-order valence-corrected chi connectivity index (χ2v) is 10.1. The zero-order valence-electron chi connectivity index (χ0n) is 22.1. The van der Waals surface area contributed by atoms with E-state index in [2.05, 4.69) is 4.98 Å². The maximum Gasteiger partial charge on any atom is 0.301 e. The van der Waals surface area contributed by atoms with Gasteiger partial charge in [-0.05, 0) is 73.0 Å². The molecule has 9 heteroatoms. The van der Waals surface area contributed by atoms with Crippen LogP contribution in [-0.4, -0.2) is 42.6 Å². The van der Waals surface area contributed by atoms with E-state index >= 15 is 0 Å². The molecule has 1 saturated heterocycles. The third-order valence-corrected chi connectivity index (χ3v) is 7.53. The number of methoxy groups -OCH3 is 2. The van der Waals surface area contributed by atoms with E-state index in [1.165, 1.54) is 23.3 Å². The van der Waals surface area contributed by atoms with Gasteiger partial charge < -0.3 is 19.3 Å². The Morgan fingerprint density at radius 2 is 1.77 bits per heavy atom. The Labute approximate surface area is 230 Å². The van der Waals surface area contributed by atoms with Crippen molar-refractivity contribution in [2.75, 3.05) is 25.7 Å². The van der Waals surface area contributed by atoms with Crippen molar-refractivity contribution in [1.29, 1.82) is 0 Å². The van der Waals surface area contributed by atoms with Crippen molar-refractivity contribution in [2.45, 2.75) is 26.3 Å². The Morgan fingerprint density at radius 3 is 2.46 bits per heavy atom. The number of carbonyl (C=O) groups excluding carboxylic acids is 2. The van der Waals surface area contributed by atoms with Crippen LogP contribution < -0.4 is 19.1 Å². The van der Waals surface area contributed by atoms with Crippen LogP contribution in [0, 0.1) is 6.92 Å². The third-order valence-electron chi connectivity index (χ3n) is 6.51. The number of ketones is 1. The molecule has 1 unspecified atom stereocenters. The number of Topliss-reactive ketones (excluding diaryl/α,β-unsaturated/α-hetero) is 1. The number of ether oxygens (including phenoxy) is 3. The van der Waals surface area contributed by atoms with Crippen molar-refractivity contribution < 1.29 is 28.9 Å². The SMILES string of the molecule is CCCOc1ccc(C2C(=C(O)c3ccc(OC)cc3)C(=O)C(=O)N2c2nc3ccc(C)cc3s2)cc1OC. The van der Waals surface area contributed by atoms with Crippen LogP contribution in [0.4, 0.5) is 5.13 Å². The summed E-state index contributed by atoms with van der Waals surface area (Å²) >= 11 is 1.32. The zero-order chi connectivity index (χ0) is 27.7. The van der Waals surface area contributed by atoms with E-state index < -0.39 is 17.7 Å². The number of carbonyl (C=O) groups is 2. The highest BCUT2D eigenvalue weighted by atomic mass is 32.1. The number of rotatable bonds is 8. The van der Waals surface area contributed by atoms with Gasteiger partial charge in [0.2, 0.25) is 0 Å². The molecule has 39 heavy (non-hydrogen) atoms. The number of benzene rings is 3. The van der Waals surface area contributed by atoms with Crippen molar-refractivity contribution in [1.82, 2.24) is 4.98 Å². The fourth-order valence-electron chi connectivity index (χ4n) is 4.56. The highest BCUT2D eigenvalue weighted by molar-refractivity contribution is 7.22. The summed E-state index contributed by atoms with van der Waals surface area (Å²) in [6, 6.07) is 16.8. The lowest BCUT2D eigenvalue weighted by molar-refractivity contribution is -0.132. The van der Waals surface area contributed by atoms with Crippen molar-refractivity contribution in [3.05, 3.63) is 82.9 Å². The first-order valence-electron chi connectivity index (χ1n) is 12.5. The molecule has 1 amide bonds. The average molecular weight is 545 g/mol. The summed E-state index contributed by atoms with van der Waals surface area (Å²) in [5.41, 5.74) is 2.69. The molecule has 1 N–H and O–H groups in total. The fraction of sp³-hybridized carbons (Fsp3) is 0.233. The standard InChI is InChI=1S/C30H28N2O6S/c1-5-14-38-22-13-9-19(16-23(22)37-4)26-25(27(33)18-7-10-20(36-3)11-8-18)28(34)29(35)32(26)30-31-21-12-6-17(2)15-24(21)39-30/h6-13,15-16,26,33H,5,14H2,1-4H3. The summed E-state index contributed by atoms with van der Waals surface area (Å²) in [5, 5.41) is 11.8. The van der Waals surface area contributed by atoms with Gasteiger partial charge in [0.25, 0.3) is 5.78 Å². The highest BCUT2D eigenvalue weighted by Gasteiger charge is 2.48. The van der Waals surface area contributed by atoms with Crippen molar-refractivity contribution >= 4 is 44.1 Å². The molecule has 2 heterocycles. The number of aryl methyl sites for hydroxylation is 1. The van der Waals surface area contributed by atoms with E-state index in [1.54, 1.807) is 49.6 Å². The average Bonchev–Trinajstić information content (AvgIpc) is 3.48. The molecule has 0 spiro atoms. The van der Waals surface area contributed by atoms with Gasteiger partial charge in [-0.3, -0.25) is 14.5 Å². The number of hydrogen-bond donors (Lipinski definition) is 1. The molecule has 8 nitrogen and oxygen atoms in total. The van der Waals surface area contributed by atoms with Crippen LogP contribution in [0.1, 0.15) is 36.1 Å². The van der Waals surface area contributed by atoms with Crippen LogP contribution in [0.2, 0.25) is 0 Å². The number of aliphatic hydroxyl groups excluding tert-OH is 1. The van der Waals surface area contributed by atoms with Gasteiger partial charge in [-0.2, -0.15) is 0 Å². The summed E-state index contributed by atoms with van der Waals surface area (Å²) < 4.78 is 17.5. The number of anilines is 1. The normalized spacial score (nSPS) is 16.6. The minimum atomic E-state index is -0.942. The van der Waals surface area contributed by atoms with Crippen LogP contribution >= 0.6 is 11.3 Å². The molecule has 0 aliphatic carbocycles. The molecule has 1 aromatic heterocycles. The minimum absolute atomic E-state index is 0.0371. The van der Waals surface area contributed by atoms with Gasteiger partial charge in [-0.25, -0.2) is 4.98 Å². The minimum Gasteiger partial charge on any atom is -0.507 e. The van der Waals surface area contributed by atoms with E-state index in [0.29, 0.717) is 40.1 Å². The van der Waals surface area contributed by atoms with Crippen molar-refractivity contribution in [2.24, 2.45) is 0 Å². The maximum atomic E-state index is 13.6. The third kappa shape index (κ3) is 4.81. The van der Waals surface area contributed by atoms with Crippen LogP contribution in [0.25, 0.3) is 16.0 Å². The predicted octanol–water partition coefficient (Wildman–Crippen LogP) is 6.04. The Hall–Kier alpha value is -4.37. The summed E-state index contributed by atoms with van der Waals surface area (Å²) in [6.07, 6.45) is 0.823. The molecule has 3 aromatic carbocycles. The largest absolute Gasteiger partial charge is 0.507 e. The fourth-order valence-corrected chi connectivity index (χ4v) is 5.65. The van der Waals surface area contributed by atoms with E-state index in [0.717, 1.165) is 22.2 Å². The van der Waals surface area contributed by atoms with Gasteiger partial charge >= 0.3 is 5.91 Å².